The number of Topliss-reactive ketones (excluding diaryl/α,β-unsaturated/α-hetero) is 2. The topological polar surface area (TPSA) is 91.7 Å². The first-order valence-corrected chi connectivity index (χ1v) is 6.98. The number of ketones is 2. The fourth-order valence-corrected chi connectivity index (χ4v) is 3.54. The van der Waals surface area contributed by atoms with E-state index >= 15 is 0 Å². The van der Waals surface area contributed by atoms with Crippen LogP contribution in [0.5, 0.6) is 0 Å². The summed E-state index contributed by atoms with van der Waals surface area (Å²) in [5.74, 6) is -1.71. The maximum atomic E-state index is 12.5. The molecule has 2 N–H and O–H groups in total. The zero-order valence-electron chi connectivity index (χ0n) is 10.8. The smallest absolute Gasteiger partial charge is 0.316 e. The van der Waals surface area contributed by atoms with Crippen LogP contribution in [-0.2, 0) is 4.79 Å². The van der Waals surface area contributed by atoms with Gasteiger partial charge < -0.3 is 10.2 Å². The molecule has 6 heteroatoms. The Labute approximate surface area is 120 Å². The fraction of sp³-hybridized carbons (Fsp3) is 0.357. The largest absolute Gasteiger partial charge is 0.480 e. The van der Waals surface area contributed by atoms with E-state index in [2.05, 4.69) is 0 Å². The lowest BCUT2D eigenvalue weighted by molar-refractivity contribution is -0.136. The van der Waals surface area contributed by atoms with Crippen LogP contribution in [0.2, 0.25) is 0 Å². The minimum Gasteiger partial charge on any atom is -0.480 e. The predicted octanol–water partition coefficient (Wildman–Crippen LogP) is 1.39. The zero-order valence-corrected chi connectivity index (χ0v) is 11.6. The Hall–Kier alpha value is -1.66. The molecule has 1 aromatic rings. The number of fused-ring (bicyclic) bond motifs is 1. The van der Waals surface area contributed by atoms with Crippen LogP contribution in [0.3, 0.4) is 0 Å². The number of carboxylic acids is 1. The second kappa shape index (κ2) is 5.38. The molecule has 0 fully saturated rings. The molecular formula is C14H14O5S. The number of thioether (sulfide) groups is 1. The summed E-state index contributed by atoms with van der Waals surface area (Å²) >= 11 is 0.832. The number of aliphatic carboxylic acids is 1. The van der Waals surface area contributed by atoms with Gasteiger partial charge in [-0.25, -0.2) is 0 Å². The molecule has 0 aromatic heterocycles. The van der Waals surface area contributed by atoms with Crippen molar-refractivity contribution in [3.8, 4) is 0 Å². The molecule has 0 radical (unpaired) electrons. The van der Waals surface area contributed by atoms with Gasteiger partial charge in [0.05, 0.1) is 6.61 Å². The highest BCUT2D eigenvalue weighted by Gasteiger charge is 2.47. The van der Waals surface area contributed by atoms with Crippen LogP contribution in [0, 0.1) is 0 Å². The monoisotopic (exact) mass is 294 g/mol. The molecule has 1 aliphatic rings. The molecule has 1 aliphatic carbocycles. The number of carboxylic acid groups (broad SMARTS) is 1. The number of carbonyl (C=O) groups excluding carboxylic acids is 2. The van der Waals surface area contributed by atoms with Gasteiger partial charge in [-0.05, 0) is 6.92 Å². The van der Waals surface area contributed by atoms with E-state index in [4.69, 9.17) is 5.11 Å². The highest BCUT2D eigenvalue weighted by atomic mass is 32.2. The van der Waals surface area contributed by atoms with E-state index in [9.17, 15) is 19.5 Å². The van der Waals surface area contributed by atoms with Crippen molar-refractivity contribution in [1.29, 1.82) is 0 Å². The van der Waals surface area contributed by atoms with E-state index in [-0.39, 0.29) is 23.6 Å². The molecule has 0 spiro atoms. The van der Waals surface area contributed by atoms with Crippen molar-refractivity contribution < 1.29 is 24.6 Å². The van der Waals surface area contributed by atoms with Crippen molar-refractivity contribution in [2.45, 2.75) is 23.3 Å². The Morgan fingerprint density at radius 1 is 1.35 bits per heavy atom. The van der Waals surface area contributed by atoms with Gasteiger partial charge in [-0.3, -0.25) is 14.4 Å². The lowest BCUT2D eigenvalue weighted by Gasteiger charge is -2.34. The third kappa shape index (κ3) is 2.36. The molecule has 2 unspecified atom stereocenters. The predicted molar refractivity (Wildman–Crippen MR) is 74.2 cm³/mol. The number of rotatable bonds is 4. The molecule has 20 heavy (non-hydrogen) atoms. The molecule has 5 nitrogen and oxygen atoms in total. The molecule has 0 heterocycles. The Balaban J connectivity index is 2.44. The lowest BCUT2D eigenvalue weighted by atomic mass is 9.81. The molecule has 2 rings (SSSR count). The van der Waals surface area contributed by atoms with Crippen LogP contribution in [0.1, 0.15) is 34.1 Å². The van der Waals surface area contributed by atoms with Crippen LogP contribution in [0.4, 0.5) is 0 Å². The van der Waals surface area contributed by atoms with Crippen LogP contribution >= 0.6 is 11.8 Å². The van der Waals surface area contributed by atoms with E-state index in [0.29, 0.717) is 5.56 Å². The van der Waals surface area contributed by atoms with Gasteiger partial charge in [0.15, 0.2) is 11.6 Å². The summed E-state index contributed by atoms with van der Waals surface area (Å²) in [6.45, 7) is 0.872. The number of benzene rings is 1. The summed E-state index contributed by atoms with van der Waals surface area (Å²) in [5, 5.41) is 17.7. The number of aliphatic hydroxyl groups excluding tert-OH is 1. The number of aliphatic hydroxyl groups is 1. The van der Waals surface area contributed by atoms with E-state index < -0.39 is 22.6 Å². The summed E-state index contributed by atoms with van der Waals surface area (Å²) in [5.41, 5.74) is 0.591. The van der Waals surface area contributed by atoms with Gasteiger partial charge in [0, 0.05) is 17.5 Å². The molecule has 0 saturated carbocycles. The first kappa shape index (κ1) is 14.7. The summed E-state index contributed by atoms with van der Waals surface area (Å²) in [6.07, 6.45) is -0.179. The number of carbonyl (C=O) groups is 3. The molecule has 0 aliphatic heterocycles. The first-order valence-electron chi connectivity index (χ1n) is 6.10. The van der Waals surface area contributed by atoms with Crippen LogP contribution in [0.25, 0.3) is 0 Å². The fourth-order valence-electron chi connectivity index (χ4n) is 2.25. The Kier molecular flexibility index (Phi) is 3.96. The molecule has 0 bridgehead atoms. The molecule has 0 amide bonds. The lowest BCUT2D eigenvalue weighted by Crippen LogP contribution is -2.47. The van der Waals surface area contributed by atoms with Gasteiger partial charge in [0.2, 0.25) is 0 Å². The zero-order chi connectivity index (χ0) is 14.9. The standard InChI is InChI=1S/C14H14O5S/c1-8(13(18)19)20-14(7-15)6-11(16)9-4-2-3-5-10(9)12(14)17/h2-5,8,15H,6-7H2,1H3,(H,18,19). The van der Waals surface area contributed by atoms with Crippen molar-refractivity contribution in [2.75, 3.05) is 6.61 Å². The second-order valence-electron chi connectivity index (χ2n) is 4.73. The van der Waals surface area contributed by atoms with Crippen molar-refractivity contribution >= 4 is 29.3 Å². The van der Waals surface area contributed by atoms with Gasteiger partial charge in [-0.2, -0.15) is 0 Å². The highest BCUT2D eigenvalue weighted by Crippen LogP contribution is 2.40. The van der Waals surface area contributed by atoms with Crippen LogP contribution in [0.15, 0.2) is 24.3 Å². The highest BCUT2D eigenvalue weighted by molar-refractivity contribution is 8.02. The second-order valence-corrected chi connectivity index (χ2v) is 6.45. The van der Waals surface area contributed by atoms with E-state index in [0.717, 1.165) is 11.8 Å². The van der Waals surface area contributed by atoms with Gasteiger partial charge in [0.25, 0.3) is 0 Å². The Morgan fingerprint density at radius 2 is 1.95 bits per heavy atom. The third-order valence-electron chi connectivity index (χ3n) is 3.34. The van der Waals surface area contributed by atoms with E-state index in [1.807, 2.05) is 0 Å². The SMILES string of the molecule is CC(SC1(CO)CC(=O)c2ccccc2C1=O)C(=O)O. The number of hydrogen-bond acceptors (Lipinski definition) is 5. The third-order valence-corrected chi connectivity index (χ3v) is 4.80. The van der Waals surface area contributed by atoms with Gasteiger partial charge in [-0.1, -0.05) is 24.3 Å². The number of hydrogen-bond donors (Lipinski definition) is 2. The van der Waals surface area contributed by atoms with Gasteiger partial charge in [-0.15, -0.1) is 11.8 Å². The maximum absolute atomic E-state index is 12.5. The normalized spacial score (nSPS) is 23.3. The van der Waals surface area contributed by atoms with E-state index in [1.165, 1.54) is 13.0 Å². The first-order chi connectivity index (χ1) is 9.41. The van der Waals surface area contributed by atoms with Crippen molar-refractivity contribution in [3.63, 3.8) is 0 Å². The van der Waals surface area contributed by atoms with Crippen LogP contribution in [-0.4, -0.2) is 44.4 Å². The quantitative estimate of drug-likeness (QED) is 0.872. The Morgan fingerprint density at radius 3 is 2.50 bits per heavy atom. The minimum absolute atomic E-state index is 0.179. The molecule has 2 atom stereocenters. The summed E-state index contributed by atoms with van der Waals surface area (Å²) in [7, 11) is 0. The molecular weight excluding hydrogens is 280 g/mol. The Bertz CT molecular complexity index is 583. The van der Waals surface area contributed by atoms with E-state index in [1.54, 1.807) is 18.2 Å². The molecule has 1 aromatic carbocycles. The summed E-state index contributed by atoms with van der Waals surface area (Å²) in [4.78, 5) is 35.6. The average Bonchev–Trinajstić information content (AvgIpc) is 2.44. The van der Waals surface area contributed by atoms with Crippen molar-refractivity contribution in [3.05, 3.63) is 35.4 Å². The minimum atomic E-state index is -1.40. The van der Waals surface area contributed by atoms with Crippen molar-refractivity contribution in [1.82, 2.24) is 0 Å². The summed E-state index contributed by atoms with van der Waals surface area (Å²) < 4.78 is -1.40. The summed E-state index contributed by atoms with van der Waals surface area (Å²) in [6, 6.07) is 6.42. The molecule has 0 saturated heterocycles. The molecule has 106 valence electrons. The maximum Gasteiger partial charge on any atom is 0.316 e. The van der Waals surface area contributed by atoms with Crippen LogP contribution < -0.4 is 0 Å². The average molecular weight is 294 g/mol. The van der Waals surface area contributed by atoms with Gasteiger partial charge >= 0.3 is 5.97 Å². The van der Waals surface area contributed by atoms with Crippen molar-refractivity contribution in [2.24, 2.45) is 0 Å². The van der Waals surface area contributed by atoms with Gasteiger partial charge in [0.1, 0.15) is 10.00 Å².